The van der Waals surface area contributed by atoms with E-state index in [0.29, 0.717) is 10.0 Å². The van der Waals surface area contributed by atoms with Crippen molar-refractivity contribution in [1.29, 1.82) is 0 Å². The van der Waals surface area contributed by atoms with Gasteiger partial charge in [0.15, 0.2) is 0 Å². The van der Waals surface area contributed by atoms with Gasteiger partial charge in [-0.2, -0.15) is 0 Å². The first-order valence-corrected chi connectivity index (χ1v) is 10.9. The fourth-order valence-electron chi connectivity index (χ4n) is 4.89. The Bertz CT molecular complexity index is 903. The van der Waals surface area contributed by atoms with Crippen LogP contribution in [-0.4, -0.2) is 30.4 Å². The summed E-state index contributed by atoms with van der Waals surface area (Å²) in [6, 6.07) is 10.4. The molecule has 1 unspecified atom stereocenters. The second-order valence-electron chi connectivity index (χ2n) is 8.10. The Hall–Kier alpha value is -1.33. The van der Waals surface area contributed by atoms with Crippen LogP contribution >= 0.6 is 35.6 Å². The van der Waals surface area contributed by atoms with Gasteiger partial charge in [-0.1, -0.05) is 29.3 Å². The molecule has 0 aliphatic carbocycles. The third-order valence-corrected chi connectivity index (χ3v) is 6.67. The first kappa shape index (κ1) is 23.3. The summed E-state index contributed by atoms with van der Waals surface area (Å²) in [5.74, 6) is -0.133. The molecule has 3 atom stereocenters. The quantitative estimate of drug-likeness (QED) is 0.602. The summed E-state index contributed by atoms with van der Waals surface area (Å²) in [7, 11) is 0. The van der Waals surface area contributed by atoms with Gasteiger partial charge in [-0.3, -0.25) is 4.79 Å². The van der Waals surface area contributed by atoms with Crippen molar-refractivity contribution < 1.29 is 9.18 Å². The fraction of sp³-hybridized carbons (Fsp3) is 0.435. The van der Waals surface area contributed by atoms with Crippen molar-refractivity contribution >= 4 is 41.5 Å². The molecule has 2 heterocycles. The van der Waals surface area contributed by atoms with Crippen LogP contribution in [0.3, 0.4) is 0 Å². The molecule has 0 bridgehead atoms. The van der Waals surface area contributed by atoms with Gasteiger partial charge < -0.3 is 10.2 Å². The summed E-state index contributed by atoms with van der Waals surface area (Å²) < 4.78 is 13.6. The number of piperidine rings is 1. The zero-order chi connectivity index (χ0) is 20.5. The number of nitrogens with zero attached hydrogens (tertiary/aromatic N) is 1. The lowest BCUT2D eigenvalue weighted by Gasteiger charge is -2.37. The van der Waals surface area contributed by atoms with E-state index in [4.69, 9.17) is 23.2 Å². The monoisotopic (exact) mass is 470 g/mol. The van der Waals surface area contributed by atoms with E-state index in [2.05, 4.69) is 5.32 Å². The SMILES string of the molecule is Cc1cc(F)ccc1[C@@H]1CNCC[C@H]1C(=O)N1CCCC1c1cc(Cl)cc(Cl)c1.Cl. The summed E-state index contributed by atoms with van der Waals surface area (Å²) in [6.07, 6.45) is 2.65. The predicted molar refractivity (Wildman–Crippen MR) is 122 cm³/mol. The van der Waals surface area contributed by atoms with Gasteiger partial charge in [-0.25, -0.2) is 4.39 Å². The van der Waals surface area contributed by atoms with E-state index in [0.717, 1.165) is 55.6 Å². The minimum Gasteiger partial charge on any atom is -0.335 e. The molecular formula is C23H26Cl3FN2O. The largest absolute Gasteiger partial charge is 0.335 e. The van der Waals surface area contributed by atoms with E-state index in [-0.39, 0.29) is 42.0 Å². The number of hydrogen-bond donors (Lipinski definition) is 1. The molecule has 30 heavy (non-hydrogen) atoms. The number of amides is 1. The van der Waals surface area contributed by atoms with Gasteiger partial charge in [-0.05, 0) is 79.8 Å². The molecule has 2 aliphatic heterocycles. The molecule has 7 heteroatoms. The van der Waals surface area contributed by atoms with E-state index in [1.807, 2.05) is 30.0 Å². The van der Waals surface area contributed by atoms with E-state index in [1.165, 1.54) is 6.07 Å². The number of carbonyl (C=O) groups is 1. The summed E-state index contributed by atoms with van der Waals surface area (Å²) in [5.41, 5.74) is 2.95. The normalized spacial score (nSPS) is 23.9. The summed E-state index contributed by atoms with van der Waals surface area (Å²) in [6.45, 7) is 4.20. The number of likely N-dealkylation sites (tertiary alicyclic amines) is 1. The second kappa shape index (κ2) is 9.86. The van der Waals surface area contributed by atoms with Crippen LogP contribution in [0.25, 0.3) is 0 Å². The van der Waals surface area contributed by atoms with Gasteiger partial charge in [0, 0.05) is 35.0 Å². The molecular weight excluding hydrogens is 446 g/mol. The van der Waals surface area contributed by atoms with Crippen molar-refractivity contribution in [3.63, 3.8) is 0 Å². The van der Waals surface area contributed by atoms with Gasteiger partial charge in [-0.15, -0.1) is 12.4 Å². The van der Waals surface area contributed by atoms with Crippen molar-refractivity contribution in [3.8, 4) is 0 Å². The molecule has 2 aliphatic rings. The number of halogens is 4. The summed E-state index contributed by atoms with van der Waals surface area (Å²) >= 11 is 12.4. The molecule has 4 rings (SSSR count). The first-order valence-electron chi connectivity index (χ1n) is 10.2. The van der Waals surface area contributed by atoms with Crippen LogP contribution in [0.4, 0.5) is 4.39 Å². The highest BCUT2D eigenvalue weighted by molar-refractivity contribution is 6.34. The predicted octanol–water partition coefficient (Wildman–Crippen LogP) is 5.92. The standard InChI is InChI=1S/C23H25Cl2FN2O.ClH/c1-14-9-18(26)4-5-19(14)21-13-27-7-6-20(21)23(29)28-8-2-3-22(28)15-10-16(24)12-17(25)11-15;/h4-5,9-12,20-22,27H,2-3,6-8,13H2,1H3;1H/t20-,21+,22?;/m1./s1. The van der Waals surface area contributed by atoms with Crippen molar-refractivity contribution in [3.05, 3.63) is 69.0 Å². The highest BCUT2D eigenvalue weighted by atomic mass is 35.5. The van der Waals surface area contributed by atoms with Crippen LogP contribution in [0, 0.1) is 18.7 Å². The number of rotatable bonds is 3. The maximum Gasteiger partial charge on any atom is 0.226 e. The fourth-order valence-corrected chi connectivity index (χ4v) is 5.44. The molecule has 0 saturated carbocycles. The summed E-state index contributed by atoms with van der Waals surface area (Å²) in [5, 5.41) is 4.59. The molecule has 0 radical (unpaired) electrons. The first-order chi connectivity index (χ1) is 13.9. The maximum atomic E-state index is 13.7. The third-order valence-electron chi connectivity index (χ3n) is 6.24. The second-order valence-corrected chi connectivity index (χ2v) is 8.97. The third kappa shape index (κ3) is 4.77. The van der Waals surface area contributed by atoms with Crippen molar-refractivity contribution in [2.45, 2.75) is 38.1 Å². The Morgan fingerprint density at radius 3 is 2.57 bits per heavy atom. The van der Waals surface area contributed by atoms with Crippen molar-refractivity contribution in [2.24, 2.45) is 5.92 Å². The zero-order valence-electron chi connectivity index (χ0n) is 16.8. The Morgan fingerprint density at radius 1 is 1.13 bits per heavy atom. The Kier molecular flexibility index (Phi) is 7.67. The molecule has 0 spiro atoms. The maximum absolute atomic E-state index is 13.7. The molecule has 3 nitrogen and oxygen atoms in total. The molecule has 2 aromatic carbocycles. The van der Waals surface area contributed by atoms with E-state index >= 15 is 0 Å². The average Bonchev–Trinajstić information content (AvgIpc) is 3.17. The molecule has 162 valence electrons. The van der Waals surface area contributed by atoms with E-state index in [9.17, 15) is 9.18 Å². The topological polar surface area (TPSA) is 32.3 Å². The minimum absolute atomic E-state index is 0. The zero-order valence-corrected chi connectivity index (χ0v) is 19.2. The van der Waals surface area contributed by atoms with Crippen LogP contribution in [0.15, 0.2) is 36.4 Å². The Labute approximate surface area is 193 Å². The number of carbonyl (C=O) groups excluding carboxylic acids is 1. The van der Waals surface area contributed by atoms with E-state index < -0.39 is 0 Å². The smallest absolute Gasteiger partial charge is 0.226 e. The average molecular weight is 472 g/mol. The van der Waals surface area contributed by atoms with Crippen LogP contribution in [-0.2, 0) is 4.79 Å². The molecule has 2 aromatic rings. The van der Waals surface area contributed by atoms with Gasteiger partial charge in [0.1, 0.15) is 5.82 Å². The van der Waals surface area contributed by atoms with Crippen molar-refractivity contribution in [1.82, 2.24) is 10.2 Å². The van der Waals surface area contributed by atoms with Crippen LogP contribution in [0.2, 0.25) is 10.0 Å². The molecule has 0 aromatic heterocycles. The van der Waals surface area contributed by atoms with Gasteiger partial charge in [0.25, 0.3) is 0 Å². The van der Waals surface area contributed by atoms with Gasteiger partial charge >= 0.3 is 0 Å². The highest BCUT2D eigenvalue weighted by Gasteiger charge is 2.39. The highest BCUT2D eigenvalue weighted by Crippen LogP contribution is 2.39. The molecule has 1 N–H and O–H groups in total. The number of aryl methyl sites for hydroxylation is 1. The van der Waals surface area contributed by atoms with Crippen LogP contribution in [0.1, 0.15) is 47.9 Å². The number of nitrogens with one attached hydrogen (secondary N) is 1. The lowest BCUT2D eigenvalue weighted by atomic mass is 9.79. The van der Waals surface area contributed by atoms with E-state index in [1.54, 1.807) is 12.1 Å². The van der Waals surface area contributed by atoms with Crippen LogP contribution in [0.5, 0.6) is 0 Å². The molecule has 1 amide bonds. The molecule has 2 saturated heterocycles. The lowest BCUT2D eigenvalue weighted by Crippen LogP contribution is -2.45. The van der Waals surface area contributed by atoms with Crippen LogP contribution < -0.4 is 5.32 Å². The number of benzene rings is 2. The van der Waals surface area contributed by atoms with Gasteiger partial charge in [0.2, 0.25) is 5.91 Å². The Balaban J connectivity index is 0.00000256. The minimum atomic E-state index is -0.240. The summed E-state index contributed by atoms with van der Waals surface area (Å²) in [4.78, 5) is 15.7. The Morgan fingerprint density at radius 2 is 1.87 bits per heavy atom. The molecule has 2 fully saturated rings. The lowest BCUT2D eigenvalue weighted by molar-refractivity contribution is -0.138. The van der Waals surface area contributed by atoms with Crippen molar-refractivity contribution in [2.75, 3.05) is 19.6 Å². The number of hydrogen-bond acceptors (Lipinski definition) is 2. The van der Waals surface area contributed by atoms with Gasteiger partial charge in [0.05, 0.1) is 6.04 Å².